The number of piperazine rings is 1. The molecule has 0 spiro atoms. The minimum Gasteiger partial charge on any atom is -0.322 e. The Kier molecular flexibility index (Phi) is 5.09. The van der Waals surface area contributed by atoms with E-state index in [1.165, 1.54) is 6.07 Å². The second-order valence-electron chi connectivity index (χ2n) is 5.43. The van der Waals surface area contributed by atoms with Crippen molar-refractivity contribution in [1.29, 1.82) is 0 Å². The fraction of sp³-hybridized carbons (Fsp3) is 0.533. The standard InChI is InChI=1S/C15H22FN3O/c1-12(2)19-9-7-18(8-10-19)11-15(20)17-14-6-4-3-5-13(14)16/h3-6,12H,7-11H2,1-2H3,(H,17,20). The molecule has 1 N–H and O–H groups in total. The molecule has 0 bridgehead atoms. The molecule has 2 rings (SSSR count). The fourth-order valence-corrected chi connectivity index (χ4v) is 2.39. The predicted octanol–water partition coefficient (Wildman–Crippen LogP) is 1.79. The molecule has 0 aromatic heterocycles. The third kappa shape index (κ3) is 4.02. The van der Waals surface area contributed by atoms with Crippen LogP contribution in [0, 0.1) is 5.82 Å². The number of hydrogen-bond donors (Lipinski definition) is 1. The SMILES string of the molecule is CC(C)N1CCN(CC(=O)Nc2ccccc2F)CC1. The van der Waals surface area contributed by atoms with Gasteiger partial charge in [-0.05, 0) is 26.0 Å². The minimum absolute atomic E-state index is 0.159. The average molecular weight is 279 g/mol. The Morgan fingerprint density at radius 1 is 1.25 bits per heavy atom. The number of rotatable bonds is 4. The highest BCUT2D eigenvalue weighted by atomic mass is 19.1. The topological polar surface area (TPSA) is 35.6 Å². The summed E-state index contributed by atoms with van der Waals surface area (Å²) in [7, 11) is 0. The summed E-state index contributed by atoms with van der Waals surface area (Å²) in [6.07, 6.45) is 0. The molecule has 20 heavy (non-hydrogen) atoms. The van der Waals surface area contributed by atoms with Crippen LogP contribution in [0.1, 0.15) is 13.8 Å². The molecule has 1 aliphatic rings. The Hall–Kier alpha value is -1.46. The predicted molar refractivity (Wildman–Crippen MR) is 78.2 cm³/mol. The molecule has 0 atom stereocenters. The maximum absolute atomic E-state index is 13.4. The van der Waals surface area contributed by atoms with Crippen molar-refractivity contribution in [2.24, 2.45) is 0 Å². The van der Waals surface area contributed by atoms with Gasteiger partial charge in [0.2, 0.25) is 5.91 Å². The van der Waals surface area contributed by atoms with E-state index in [0.29, 0.717) is 12.6 Å². The number of carbonyl (C=O) groups is 1. The molecule has 1 aromatic carbocycles. The number of amides is 1. The first-order valence-corrected chi connectivity index (χ1v) is 7.07. The van der Waals surface area contributed by atoms with Crippen LogP contribution in [0.3, 0.4) is 0 Å². The second-order valence-corrected chi connectivity index (χ2v) is 5.43. The van der Waals surface area contributed by atoms with Gasteiger partial charge in [0.25, 0.3) is 0 Å². The van der Waals surface area contributed by atoms with Gasteiger partial charge < -0.3 is 5.32 Å². The first-order valence-electron chi connectivity index (χ1n) is 7.07. The maximum Gasteiger partial charge on any atom is 0.238 e. The van der Waals surface area contributed by atoms with Gasteiger partial charge in [0.15, 0.2) is 0 Å². The van der Waals surface area contributed by atoms with E-state index in [0.717, 1.165) is 26.2 Å². The van der Waals surface area contributed by atoms with Crippen molar-refractivity contribution >= 4 is 11.6 Å². The van der Waals surface area contributed by atoms with Crippen molar-refractivity contribution in [2.75, 3.05) is 38.0 Å². The molecule has 0 saturated carbocycles. The molecule has 1 heterocycles. The van der Waals surface area contributed by atoms with Crippen molar-refractivity contribution < 1.29 is 9.18 Å². The van der Waals surface area contributed by atoms with Crippen LogP contribution in [0.25, 0.3) is 0 Å². The number of hydrogen-bond acceptors (Lipinski definition) is 3. The lowest BCUT2D eigenvalue weighted by atomic mass is 10.2. The van der Waals surface area contributed by atoms with Crippen LogP contribution in [-0.2, 0) is 4.79 Å². The summed E-state index contributed by atoms with van der Waals surface area (Å²) in [5, 5.41) is 2.62. The minimum atomic E-state index is -0.398. The first-order chi connectivity index (χ1) is 9.56. The van der Waals surface area contributed by atoms with Crippen molar-refractivity contribution in [3.8, 4) is 0 Å². The van der Waals surface area contributed by atoms with Gasteiger partial charge >= 0.3 is 0 Å². The molecule has 1 aliphatic heterocycles. The summed E-state index contributed by atoms with van der Waals surface area (Å²) in [6.45, 7) is 8.39. The van der Waals surface area contributed by atoms with Crippen LogP contribution >= 0.6 is 0 Å². The molecule has 1 fully saturated rings. The van der Waals surface area contributed by atoms with Crippen LogP contribution in [0.5, 0.6) is 0 Å². The molecular formula is C15H22FN3O. The summed E-state index contributed by atoms with van der Waals surface area (Å²) in [4.78, 5) is 16.4. The summed E-state index contributed by atoms with van der Waals surface area (Å²) in [6, 6.07) is 6.78. The molecule has 0 radical (unpaired) electrons. The van der Waals surface area contributed by atoms with Gasteiger partial charge in [-0.2, -0.15) is 0 Å². The second kappa shape index (κ2) is 6.81. The van der Waals surface area contributed by atoms with Crippen molar-refractivity contribution in [1.82, 2.24) is 9.80 Å². The van der Waals surface area contributed by atoms with E-state index >= 15 is 0 Å². The Labute approximate surface area is 119 Å². The van der Waals surface area contributed by atoms with E-state index in [9.17, 15) is 9.18 Å². The van der Waals surface area contributed by atoms with Crippen molar-refractivity contribution in [3.63, 3.8) is 0 Å². The lowest BCUT2D eigenvalue weighted by Gasteiger charge is -2.36. The van der Waals surface area contributed by atoms with Gasteiger partial charge in [-0.1, -0.05) is 12.1 Å². The molecule has 5 heteroatoms. The number of nitrogens with one attached hydrogen (secondary N) is 1. The Morgan fingerprint density at radius 3 is 2.50 bits per heavy atom. The van der Waals surface area contributed by atoms with Crippen LogP contribution < -0.4 is 5.32 Å². The summed E-state index contributed by atoms with van der Waals surface area (Å²) < 4.78 is 13.4. The Bertz CT molecular complexity index is 456. The van der Waals surface area contributed by atoms with Crippen LogP contribution in [0.4, 0.5) is 10.1 Å². The molecular weight excluding hydrogens is 257 g/mol. The maximum atomic E-state index is 13.4. The highest BCUT2D eigenvalue weighted by Crippen LogP contribution is 2.12. The van der Waals surface area contributed by atoms with E-state index in [1.54, 1.807) is 18.2 Å². The Balaban J connectivity index is 1.80. The molecule has 110 valence electrons. The molecule has 1 saturated heterocycles. The highest BCUT2D eigenvalue weighted by molar-refractivity contribution is 5.92. The number of benzene rings is 1. The van der Waals surface area contributed by atoms with E-state index in [2.05, 4.69) is 29.0 Å². The van der Waals surface area contributed by atoms with Crippen LogP contribution in [0.15, 0.2) is 24.3 Å². The quantitative estimate of drug-likeness (QED) is 0.912. The van der Waals surface area contributed by atoms with E-state index < -0.39 is 5.82 Å². The Morgan fingerprint density at radius 2 is 1.90 bits per heavy atom. The number of carbonyl (C=O) groups excluding carboxylic acids is 1. The van der Waals surface area contributed by atoms with E-state index in [4.69, 9.17) is 0 Å². The van der Waals surface area contributed by atoms with Gasteiger partial charge in [-0.25, -0.2) is 4.39 Å². The molecule has 0 unspecified atom stereocenters. The molecule has 4 nitrogen and oxygen atoms in total. The lowest BCUT2D eigenvalue weighted by Crippen LogP contribution is -2.50. The fourth-order valence-electron chi connectivity index (χ4n) is 2.39. The smallest absolute Gasteiger partial charge is 0.238 e. The lowest BCUT2D eigenvalue weighted by molar-refractivity contribution is -0.117. The zero-order chi connectivity index (χ0) is 14.5. The zero-order valence-electron chi connectivity index (χ0n) is 12.1. The number of para-hydroxylation sites is 1. The molecule has 1 amide bonds. The zero-order valence-corrected chi connectivity index (χ0v) is 12.1. The van der Waals surface area contributed by atoms with Gasteiger partial charge in [-0.3, -0.25) is 14.6 Å². The normalized spacial score (nSPS) is 17.4. The van der Waals surface area contributed by atoms with Gasteiger partial charge in [-0.15, -0.1) is 0 Å². The van der Waals surface area contributed by atoms with Gasteiger partial charge in [0.1, 0.15) is 5.82 Å². The van der Waals surface area contributed by atoms with Crippen molar-refractivity contribution in [2.45, 2.75) is 19.9 Å². The van der Waals surface area contributed by atoms with Crippen LogP contribution in [0.2, 0.25) is 0 Å². The van der Waals surface area contributed by atoms with E-state index in [1.807, 2.05) is 0 Å². The van der Waals surface area contributed by atoms with Crippen molar-refractivity contribution in [3.05, 3.63) is 30.1 Å². The summed E-state index contributed by atoms with van der Waals surface area (Å²) >= 11 is 0. The first kappa shape index (κ1) is 14.9. The largest absolute Gasteiger partial charge is 0.322 e. The average Bonchev–Trinajstić information content (AvgIpc) is 2.42. The monoisotopic (exact) mass is 279 g/mol. The number of anilines is 1. The summed E-state index contributed by atoms with van der Waals surface area (Å²) in [5.74, 6) is -0.557. The third-order valence-electron chi connectivity index (χ3n) is 3.65. The summed E-state index contributed by atoms with van der Waals surface area (Å²) in [5.41, 5.74) is 0.248. The molecule has 1 aromatic rings. The number of halogens is 1. The third-order valence-corrected chi connectivity index (χ3v) is 3.65. The van der Waals surface area contributed by atoms with Gasteiger partial charge in [0.05, 0.1) is 12.2 Å². The van der Waals surface area contributed by atoms with Crippen LogP contribution in [-0.4, -0.2) is 54.5 Å². The van der Waals surface area contributed by atoms with E-state index in [-0.39, 0.29) is 11.6 Å². The molecule has 0 aliphatic carbocycles. The van der Waals surface area contributed by atoms with Gasteiger partial charge in [0, 0.05) is 32.2 Å². The number of nitrogens with zero attached hydrogens (tertiary/aromatic N) is 2. The highest BCUT2D eigenvalue weighted by Gasteiger charge is 2.20.